The molecular weight excluding hydrogens is 180 g/mol. The van der Waals surface area contributed by atoms with Gasteiger partial charge in [0.25, 0.3) is 0 Å². The molecule has 1 unspecified atom stereocenters. The number of carbonyl (C=O) groups excluding carboxylic acids is 1. The molecule has 1 fully saturated rings. The highest BCUT2D eigenvalue weighted by atomic mass is 16.6. The highest BCUT2D eigenvalue weighted by Crippen LogP contribution is 2.10. The quantitative estimate of drug-likeness (QED) is 0.744. The summed E-state index contributed by atoms with van der Waals surface area (Å²) in [5.41, 5.74) is 0. The summed E-state index contributed by atoms with van der Waals surface area (Å²) >= 11 is 0. The van der Waals surface area contributed by atoms with Crippen molar-refractivity contribution in [2.45, 2.75) is 39.3 Å². The van der Waals surface area contributed by atoms with Crippen LogP contribution in [0.4, 0.5) is 4.79 Å². The van der Waals surface area contributed by atoms with Crippen LogP contribution in [-0.4, -0.2) is 42.8 Å². The van der Waals surface area contributed by atoms with Crippen LogP contribution in [0.2, 0.25) is 0 Å². The van der Waals surface area contributed by atoms with Crippen molar-refractivity contribution in [1.29, 1.82) is 0 Å². The van der Waals surface area contributed by atoms with Crippen LogP contribution in [0.25, 0.3) is 0 Å². The SMILES string of the molecule is CCN(C(=O)OC(C)C)C1CCNC1. The lowest BCUT2D eigenvalue weighted by Gasteiger charge is -2.27. The number of carbonyl (C=O) groups is 1. The lowest BCUT2D eigenvalue weighted by Crippen LogP contribution is -2.42. The van der Waals surface area contributed by atoms with E-state index in [1.165, 1.54) is 0 Å². The van der Waals surface area contributed by atoms with E-state index in [2.05, 4.69) is 5.32 Å². The predicted octanol–water partition coefficient (Wildman–Crippen LogP) is 1.22. The van der Waals surface area contributed by atoms with Gasteiger partial charge in [-0.1, -0.05) is 0 Å². The van der Waals surface area contributed by atoms with Crippen LogP contribution in [-0.2, 0) is 4.74 Å². The van der Waals surface area contributed by atoms with Gasteiger partial charge in [0.1, 0.15) is 0 Å². The van der Waals surface area contributed by atoms with Crippen molar-refractivity contribution in [1.82, 2.24) is 10.2 Å². The molecule has 0 aromatic heterocycles. The smallest absolute Gasteiger partial charge is 0.410 e. The predicted molar refractivity (Wildman–Crippen MR) is 55.3 cm³/mol. The van der Waals surface area contributed by atoms with Gasteiger partial charge in [-0.2, -0.15) is 0 Å². The molecule has 0 aromatic carbocycles. The molecule has 0 spiro atoms. The zero-order chi connectivity index (χ0) is 10.6. The number of hydrogen-bond donors (Lipinski definition) is 1. The van der Waals surface area contributed by atoms with Crippen molar-refractivity contribution in [2.24, 2.45) is 0 Å². The molecule has 1 amide bonds. The first-order valence-corrected chi connectivity index (χ1v) is 5.33. The average molecular weight is 200 g/mol. The highest BCUT2D eigenvalue weighted by molar-refractivity contribution is 5.68. The standard InChI is InChI=1S/C10H20N2O2/c1-4-12(9-5-6-11-7-9)10(13)14-8(2)3/h8-9,11H,4-7H2,1-3H3. The number of likely N-dealkylation sites (N-methyl/N-ethyl adjacent to an activating group) is 1. The Hall–Kier alpha value is -0.770. The molecule has 1 N–H and O–H groups in total. The molecule has 1 rings (SSSR count). The Kier molecular flexibility index (Phi) is 4.20. The van der Waals surface area contributed by atoms with E-state index in [9.17, 15) is 4.79 Å². The molecule has 1 aliphatic rings. The number of nitrogens with one attached hydrogen (secondary N) is 1. The lowest BCUT2D eigenvalue weighted by molar-refractivity contribution is 0.0675. The molecule has 0 saturated carbocycles. The molecule has 0 aliphatic carbocycles. The summed E-state index contributed by atoms with van der Waals surface area (Å²) in [5, 5.41) is 3.25. The normalized spacial score (nSPS) is 21.3. The van der Waals surface area contributed by atoms with Crippen LogP contribution in [0.15, 0.2) is 0 Å². The highest BCUT2D eigenvalue weighted by Gasteiger charge is 2.26. The van der Waals surface area contributed by atoms with Crippen LogP contribution < -0.4 is 5.32 Å². The first-order chi connectivity index (χ1) is 6.65. The van der Waals surface area contributed by atoms with Crippen molar-refractivity contribution >= 4 is 6.09 Å². The van der Waals surface area contributed by atoms with E-state index in [4.69, 9.17) is 4.74 Å². The second-order valence-corrected chi connectivity index (χ2v) is 3.87. The topological polar surface area (TPSA) is 41.6 Å². The molecule has 1 heterocycles. The molecular formula is C10H20N2O2. The fourth-order valence-corrected chi connectivity index (χ4v) is 1.71. The maximum Gasteiger partial charge on any atom is 0.410 e. The molecule has 4 nitrogen and oxygen atoms in total. The third-order valence-electron chi connectivity index (χ3n) is 2.39. The minimum Gasteiger partial charge on any atom is -0.447 e. The number of hydrogen-bond acceptors (Lipinski definition) is 3. The molecule has 1 aliphatic heterocycles. The van der Waals surface area contributed by atoms with Gasteiger partial charge < -0.3 is 15.0 Å². The minimum absolute atomic E-state index is 0.0362. The van der Waals surface area contributed by atoms with E-state index in [1.807, 2.05) is 20.8 Å². The van der Waals surface area contributed by atoms with Gasteiger partial charge in [0.2, 0.25) is 0 Å². The third kappa shape index (κ3) is 2.87. The molecule has 0 aromatic rings. The summed E-state index contributed by atoms with van der Waals surface area (Å²) < 4.78 is 5.17. The maximum atomic E-state index is 11.6. The van der Waals surface area contributed by atoms with Crippen LogP contribution in [0, 0.1) is 0 Å². The Balaban J connectivity index is 2.47. The number of amides is 1. The molecule has 14 heavy (non-hydrogen) atoms. The van der Waals surface area contributed by atoms with Crippen molar-refractivity contribution in [3.63, 3.8) is 0 Å². The molecule has 1 atom stereocenters. The van der Waals surface area contributed by atoms with Crippen LogP contribution in [0.3, 0.4) is 0 Å². The second kappa shape index (κ2) is 5.20. The minimum atomic E-state index is -0.184. The maximum absolute atomic E-state index is 11.6. The lowest BCUT2D eigenvalue weighted by atomic mass is 10.2. The Morgan fingerprint density at radius 3 is 2.79 bits per heavy atom. The number of ether oxygens (including phenoxy) is 1. The van der Waals surface area contributed by atoms with Crippen molar-refractivity contribution in [3.8, 4) is 0 Å². The molecule has 0 radical (unpaired) electrons. The first kappa shape index (κ1) is 11.3. The Morgan fingerprint density at radius 1 is 1.64 bits per heavy atom. The second-order valence-electron chi connectivity index (χ2n) is 3.87. The van der Waals surface area contributed by atoms with E-state index < -0.39 is 0 Å². The average Bonchev–Trinajstić information content (AvgIpc) is 2.57. The van der Waals surface area contributed by atoms with E-state index in [0.29, 0.717) is 6.04 Å². The zero-order valence-corrected chi connectivity index (χ0v) is 9.25. The first-order valence-electron chi connectivity index (χ1n) is 5.33. The molecule has 4 heteroatoms. The van der Waals surface area contributed by atoms with E-state index >= 15 is 0 Å². The van der Waals surface area contributed by atoms with Crippen LogP contribution >= 0.6 is 0 Å². The molecule has 0 bridgehead atoms. The Bertz CT molecular complexity index is 189. The van der Waals surface area contributed by atoms with Crippen molar-refractivity contribution in [2.75, 3.05) is 19.6 Å². The summed E-state index contributed by atoms with van der Waals surface area (Å²) in [4.78, 5) is 13.5. The van der Waals surface area contributed by atoms with Gasteiger partial charge in [0.05, 0.1) is 6.10 Å². The van der Waals surface area contributed by atoms with Gasteiger partial charge in [-0.05, 0) is 33.7 Å². The van der Waals surface area contributed by atoms with E-state index in [-0.39, 0.29) is 12.2 Å². The summed E-state index contributed by atoms with van der Waals surface area (Å²) in [6.45, 7) is 8.34. The largest absolute Gasteiger partial charge is 0.447 e. The van der Waals surface area contributed by atoms with Gasteiger partial charge in [0, 0.05) is 19.1 Å². The fourth-order valence-electron chi connectivity index (χ4n) is 1.71. The number of nitrogens with zero attached hydrogens (tertiary/aromatic N) is 1. The van der Waals surface area contributed by atoms with E-state index in [1.54, 1.807) is 4.90 Å². The van der Waals surface area contributed by atoms with Gasteiger partial charge >= 0.3 is 6.09 Å². The zero-order valence-electron chi connectivity index (χ0n) is 9.25. The number of rotatable bonds is 3. The van der Waals surface area contributed by atoms with Crippen molar-refractivity contribution in [3.05, 3.63) is 0 Å². The monoisotopic (exact) mass is 200 g/mol. The summed E-state index contributed by atoms with van der Waals surface area (Å²) in [7, 11) is 0. The fraction of sp³-hybridized carbons (Fsp3) is 0.900. The van der Waals surface area contributed by atoms with Gasteiger partial charge in [-0.25, -0.2) is 4.79 Å². The summed E-state index contributed by atoms with van der Waals surface area (Å²) in [6.07, 6.45) is 0.809. The van der Waals surface area contributed by atoms with Crippen LogP contribution in [0.1, 0.15) is 27.2 Å². The summed E-state index contributed by atoms with van der Waals surface area (Å²) in [6, 6.07) is 0.311. The van der Waals surface area contributed by atoms with E-state index in [0.717, 1.165) is 26.1 Å². The molecule has 82 valence electrons. The van der Waals surface area contributed by atoms with Crippen LogP contribution in [0.5, 0.6) is 0 Å². The Labute approximate surface area is 85.6 Å². The van der Waals surface area contributed by atoms with Gasteiger partial charge in [-0.15, -0.1) is 0 Å². The van der Waals surface area contributed by atoms with Gasteiger partial charge in [-0.3, -0.25) is 0 Å². The Morgan fingerprint density at radius 2 is 2.36 bits per heavy atom. The van der Waals surface area contributed by atoms with Crippen molar-refractivity contribution < 1.29 is 9.53 Å². The van der Waals surface area contributed by atoms with Gasteiger partial charge in [0.15, 0.2) is 0 Å². The molecule has 1 saturated heterocycles. The summed E-state index contributed by atoms with van der Waals surface area (Å²) in [5.74, 6) is 0. The third-order valence-corrected chi connectivity index (χ3v) is 2.39.